The first-order valence-electron chi connectivity index (χ1n) is 4.30. The Morgan fingerprint density at radius 3 is 2.85 bits per heavy atom. The summed E-state index contributed by atoms with van der Waals surface area (Å²) in [5.41, 5.74) is 1.04. The quantitative estimate of drug-likeness (QED) is 0.739. The summed E-state index contributed by atoms with van der Waals surface area (Å²) in [7, 11) is 0. The van der Waals surface area contributed by atoms with E-state index in [4.69, 9.17) is 4.74 Å². The highest BCUT2D eigenvalue weighted by Crippen LogP contribution is 2.18. The van der Waals surface area contributed by atoms with E-state index in [0.717, 1.165) is 35.5 Å². The SMILES string of the molecule is Brc1ccccc1C1=NCCCO1. The first-order valence-corrected chi connectivity index (χ1v) is 5.09. The van der Waals surface area contributed by atoms with E-state index >= 15 is 0 Å². The second kappa shape index (κ2) is 3.92. The second-order valence-electron chi connectivity index (χ2n) is 2.87. The molecule has 2 rings (SSSR count). The molecule has 0 bridgehead atoms. The summed E-state index contributed by atoms with van der Waals surface area (Å²) >= 11 is 3.47. The highest BCUT2D eigenvalue weighted by Gasteiger charge is 2.10. The average molecular weight is 240 g/mol. The molecular weight excluding hydrogens is 230 g/mol. The molecule has 13 heavy (non-hydrogen) atoms. The lowest BCUT2D eigenvalue weighted by molar-refractivity contribution is 0.284. The normalized spacial score (nSPS) is 16.2. The van der Waals surface area contributed by atoms with Crippen LogP contribution in [0.1, 0.15) is 12.0 Å². The van der Waals surface area contributed by atoms with E-state index in [-0.39, 0.29) is 0 Å². The van der Waals surface area contributed by atoms with Crippen LogP contribution in [0.15, 0.2) is 33.7 Å². The molecule has 1 aliphatic heterocycles. The van der Waals surface area contributed by atoms with Gasteiger partial charge in [0.15, 0.2) is 0 Å². The van der Waals surface area contributed by atoms with Gasteiger partial charge >= 0.3 is 0 Å². The smallest absolute Gasteiger partial charge is 0.217 e. The third-order valence-electron chi connectivity index (χ3n) is 1.90. The second-order valence-corrected chi connectivity index (χ2v) is 3.72. The van der Waals surface area contributed by atoms with E-state index in [1.165, 1.54) is 0 Å². The molecule has 2 nitrogen and oxygen atoms in total. The molecule has 0 unspecified atom stereocenters. The first-order chi connectivity index (χ1) is 6.38. The summed E-state index contributed by atoms with van der Waals surface area (Å²) in [6, 6.07) is 7.97. The Morgan fingerprint density at radius 1 is 1.31 bits per heavy atom. The van der Waals surface area contributed by atoms with E-state index in [2.05, 4.69) is 20.9 Å². The molecule has 68 valence electrons. The molecule has 0 aromatic heterocycles. The molecule has 0 atom stereocenters. The zero-order valence-corrected chi connectivity index (χ0v) is 8.75. The number of hydrogen-bond donors (Lipinski definition) is 0. The van der Waals surface area contributed by atoms with Crippen molar-refractivity contribution in [3.8, 4) is 0 Å². The van der Waals surface area contributed by atoms with Crippen molar-refractivity contribution in [2.75, 3.05) is 13.2 Å². The van der Waals surface area contributed by atoms with Gasteiger partial charge in [0, 0.05) is 17.4 Å². The molecule has 0 spiro atoms. The van der Waals surface area contributed by atoms with Gasteiger partial charge in [0.25, 0.3) is 0 Å². The van der Waals surface area contributed by atoms with E-state index in [1.807, 2.05) is 24.3 Å². The van der Waals surface area contributed by atoms with Crippen LogP contribution < -0.4 is 0 Å². The van der Waals surface area contributed by atoms with Gasteiger partial charge < -0.3 is 4.74 Å². The van der Waals surface area contributed by atoms with Crippen LogP contribution in [0.5, 0.6) is 0 Å². The predicted octanol–water partition coefficient (Wildman–Crippen LogP) is 2.62. The van der Waals surface area contributed by atoms with E-state index in [9.17, 15) is 0 Å². The van der Waals surface area contributed by atoms with Crippen LogP contribution in [0.4, 0.5) is 0 Å². The standard InChI is InChI=1S/C10H10BrNO/c11-9-5-2-1-4-8(9)10-12-6-3-7-13-10/h1-2,4-5H,3,6-7H2. The third kappa shape index (κ3) is 1.91. The molecular formula is C10H10BrNO. The lowest BCUT2D eigenvalue weighted by atomic mass is 10.2. The van der Waals surface area contributed by atoms with Crippen LogP contribution in [0.2, 0.25) is 0 Å². The van der Waals surface area contributed by atoms with Crippen LogP contribution in [-0.4, -0.2) is 19.0 Å². The highest BCUT2D eigenvalue weighted by atomic mass is 79.9. The maximum atomic E-state index is 5.46. The zero-order valence-electron chi connectivity index (χ0n) is 7.16. The number of ether oxygens (including phenoxy) is 1. The Kier molecular flexibility index (Phi) is 2.64. The van der Waals surface area contributed by atoms with Crippen LogP contribution in [0.3, 0.4) is 0 Å². The highest BCUT2D eigenvalue weighted by molar-refractivity contribution is 9.10. The van der Waals surface area contributed by atoms with Crippen molar-refractivity contribution in [2.45, 2.75) is 6.42 Å². The summed E-state index contributed by atoms with van der Waals surface area (Å²) in [5, 5.41) is 0. The van der Waals surface area contributed by atoms with Crippen LogP contribution in [-0.2, 0) is 4.74 Å². The zero-order chi connectivity index (χ0) is 9.10. The number of hydrogen-bond acceptors (Lipinski definition) is 2. The topological polar surface area (TPSA) is 21.6 Å². The molecule has 1 heterocycles. The van der Waals surface area contributed by atoms with Gasteiger partial charge in [-0.15, -0.1) is 0 Å². The maximum absolute atomic E-state index is 5.46. The number of rotatable bonds is 1. The molecule has 3 heteroatoms. The summed E-state index contributed by atoms with van der Waals surface area (Å²) in [5.74, 6) is 0.763. The molecule has 0 amide bonds. The molecule has 1 aromatic carbocycles. The van der Waals surface area contributed by atoms with Gasteiger partial charge in [0.05, 0.1) is 12.2 Å². The summed E-state index contributed by atoms with van der Waals surface area (Å²) in [6.07, 6.45) is 1.02. The molecule has 1 aromatic rings. The van der Waals surface area contributed by atoms with Crippen LogP contribution in [0.25, 0.3) is 0 Å². The number of benzene rings is 1. The maximum Gasteiger partial charge on any atom is 0.217 e. The van der Waals surface area contributed by atoms with Crippen molar-refractivity contribution >= 4 is 21.8 Å². The van der Waals surface area contributed by atoms with Crippen molar-refractivity contribution in [3.63, 3.8) is 0 Å². The van der Waals surface area contributed by atoms with E-state index < -0.39 is 0 Å². The van der Waals surface area contributed by atoms with Gasteiger partial charge in [-0.1, -0.05) is 12.1 Å². The van der Waals surface area contributed by atoms with Crippen molar-refractivity contribution in [3.05, 3.63) is 34.3 Å². The van der Waals surface area contributed by atoms with Crippen molar-refractivity contribution < 1.29 is 4.74 Å². The van der Waals surface area contributed by atoms with Crippen LogP contribution >= 0.6 is 15.9 Å². The van der Waals surface area contributed by atoms with E-state index in [1.54, 1.807) is 0 Å². The lowest BCUT2D eigenvalue weighted by Gasteiger charge is -2.14. The van der Waals surface area contributed by atoms with E-state index in [0.29, 0.717) is 0 Å². The minimum atomic E-state index is 0.763. The largest absolute Gasteiger partial charge is 0.477 e. The third-order valence-corrected chi connectivity index (χ3v) is 2.59. The Labute approximate surface area is 85.8 Å². The van der Waals surface area contributed by atoms with Gasteiger partial charge in [0.1, 0.15) is 0 Å². The molecule has 0 N–H and O–H groups in total. The average Bonchev–Trinajstić information content (AvgIpc) is 2.20. The van der Waals surface area contributed by atoms with Crippen molar-refractivity contribution in [1.29, 1.82) is 0 Å². The lowest BCUT2D eigenvalue weighted by Crippen LogP contribution is -2.15. The fraction of sp³-hybridized carbons (Fsp3) is 0.300. The molecule has 0 radical (unpaired) electrons. The first kappa shape index (κ1) is 8.75. The Balaban J connectivity index is 2.34. The minimum absolute atomic E-state index is 0.763. The van der Waals surface area contributed by atoms with Crippen molar-refractivity contribution in [2.24, 2.45) is 4.99 Å². The predicted molar refractivity (Wildman–Crippen MR) is 56.1 cm³/mol. The number of halogens is 1. The minimum Gasteiger partial charge on any atom is -0.477 e. The summed E-state index contributed by atoms with van der Waals surface area (Å²) in [4.78, 5) is 4.32. The fourth-order valence-corrected chi connectivity index (χ4v) is 1.71. The van der Waals surface area contributed by atoms with Gasteiger partial charge in [0.2, 0.25) is 5.90 Å². The van der Waals surface area contributed by atoms with Gasteiger partial charge in [-0.05, 0) is 28.1 Å². The molecule has 0 saturated carbocycles. The molecule has 0 fully saturated rings. The van der Waals surface area contributed by atoms with Crippen LogP contribution in [0, 0.1) is 0 Å². The Morgan fingerprint density at radius 2 is 2.15 bits per heavy atom. The Hall–Kier alpha value is -0.830. The Bertz CT molecular complexity index is 335. The molecule has 0 aliphatic carbocycles. The monoisotopic (exact) mass is 239 g/mol. The van der Waals surface area contributed by atoms with Gasteiger partial charge in [-0.25, -0.2) is 0 Å². The van der Waals surface area contributed by atoms with Crippen molar-refractivity contribution in [1.82, 2.24) is 0 Å². The summed E-state index contributed by atoms with van der Waals surface area (Å²) in [6.45, 7) is 1.65. The molecule has 0 saturated heterocycles. The number of aliphatic imine (C=N–C) groups is 1. The summed E-state index contributed by atoms with van der Waals surface area (Å²) < 4.78 is 6.50. The molecule has 1 aliphatic rings. The van der Waals surface area contributed by atoms with Gasteiger partial charge in [-0.3, -0.25) is 4.99 Å². The fourth-order valence-electron chi connectivity index (χ4n) is 1.26. The van der Waals surface area contributed by atoms with Gasteiger partial charge in [-0.2, -0.15) is 0 Å². The number of nitrogens with zero attached hydrogens (tertiary/aromatic N) is 1.